The van der Waals surface area contributed by atoms with E-state index in [9.17, 15) is 4.79 Å². The molecule has 1 fully saturated rings. The van der Waals surface area contributed by atoms with Crippen LogP contribution in [0.25, 0.3) is 0 Å². The Bertz CT molecular complexity index is 880. The highest BCUT2D eigenvalue weighted by Crippen LogP contribution is 2.32. The molecule has 0 unspecified atom stereocenters. The molecule has 0 radical (unpaired) electrons. The van der Waals surface area contributed by atoms with Gasteiger partial charge in [0.2, 0.25) is 12.7 Å². The smallest absolute Gasteiger partial charge is 0.240 e. The third-order valence-corrected chi connectivity index (χ3v) is 5.20. The first kappa shape index (κ1) is 18.4. The zero-order valence-corrected chi connectivity index (χ0v) is 15.9. The first-order chi connectivity index (χ1) is 13.8. The van der Waals surface area contributed by atoms with Gasteiger partial charge in [-0.1, -0.05) is 43.2 Å². The number of ether oxygens (including phenoxy) is 2. The zero-order chi connectivity index (χ0) is 19.2. The number of aromatic nitrogens is 1. The van der Waals surface area contributed by atoms with Crippen LogP contribution >= 0.6 is 0 Å². The van der Waals surface area contributed by atoms with Crippen molar-refractivity contribution >= 4 is 11.7 Å². The van der Waals surface area contributed by atoms with Crippen LogP contribution in [0.2, 0.25) is 0 Å². The molecular weight excluding hydrogens is 352 g/mol. The maximum atomic E-state index is 13.0. The first-order valence-electron chi connectivity index (χ1n) is 9.88. The molecule has 0 spiro atoms. The van der Waals surface area contributed by atoms with Gasteiger partial charge in [-0.2, -0.15) is 0 Å². The molecule has 4 rings (SSSR count). The fraction of sp³-hybridized carbons (Fsp3) is 0.391. The minimum absolute atomic E-state index is 0.0313. The van der Waals surface area contributed by atoms with Crippen molar-refractivity contribution in [3.63, 3.8) is 0 Å². The van der Waals surface area contributed by atoms with E-state index in [0.29, 0.717) is 6.42 Å². The van der Waals surface area contributed by atoms with E-state index in [4.69, 9.17) is 9.47 Å². The lowest BCUT2D eigenvalue weighted by Crippen LogP contribution is -2.42. The zero-order valence-electron chi connectivity index (χ0n) is 15.9. The molecule has 1 aliphatic carbocycles. The van der Waals surface area contributed by atoms with Gasteiger partial charge in [0.1, 0.15) is 5.82 Å². The van der Waals surface area contributed by atoms with Crippen molar-refractivity contribution in [3.8, 4) is 23.3 Å². The third-order valence-electron chi connectivity index (χ3n) is 5.20. The van der Waals surface area contributed by atoms with Crippen LogP contribution in [0.1, 0.15) is 44.1 Å². The Morgan fingerprint density at radius 3 is 2.75 bits per heavy atom. The third kappa shape index (κ3) is 4.28. The lowest BCUT2D eigenvalue weighted by molar-refractivity contribution is -0.118. The van der Waals surface area contributed by atoms with Crippen LogP contribution in [-0.2, 0) is 11.2 Å². The van der Waals surface area contributed by atoms with Crippen molar-refractivity contribution in [2.75, 3.05) is 11.7 Å². The number of anilines is 1. The monoisotopic (exact) mass is 376 g/mol. The maximum absolute atomic E-state index is 13.0. The largest absolute Gasteiger partial charge is 0.454 e. The molecule has 0 bridgehead atoms. The molecule has 144 valence electrons. The number of carbonyl (C=O) groups excluding carboxylic acids is 1. The normalized spacial score (nSPS) is 15.6. The molecule has 2 aromatic rings. The van der Waals surface area contributed by atoms with Crippen LogP contribution in [0.5, 0.6) is 11.5 Å². The fourth-order valence-electron chi connectivity index (χ4n) is 3.79. The summed E-state index contributed by atoms with van der Waals surface area (Å²) in [5, 5.41) is 0. The number of nitrogens with zero attached hydrogens (tertiary/aromatic N) is 2. The van der Waals surface area contributed by atoms with E-state index in [0.717, 1.165) is 48.6 Å². The number of amides is 1. The Morgan fingerprint density at radius 1 is 1.07 bits per heavy atom. The first-order valence-corrected chi connectivity index (χ1v) is 9.88. The molecule has 2 aliphatic rings. The van der Waals surface area contributed by atoms with Crippen molar-refractivity contribution in [1.29, 1.82) is 0 Å². The van der Waals surface area contributed by atoms with Gasteiger partial charge in [0.15, 0.2) is 11.5 Å². The number of hydrogen-bond donors (Lipinski definition) is 0. The summed E-state index contributed by atoms with van der Waals surface area (Å²) in [6, 6.07) is 11.8. The summed E-state index contributed by atoms with van der Waals surface area (Å²) in [6.07, 6.45) is 8.17. The molecule has 0 atom stereocenters. The summed E-state index contributed by atoms with van der Waals surface area (Å²) in [6.45, 7) is 0.267. The Kier molecular flexibility index (Phi) is 5.77. The molecule has 1 aromatic heterocycles. The van der Waals surface area contributed by atoms with Gasteiger partial charge in [-0.25, -0.2) is 4.98 Å². The van der Waals surface area contributed by atoms with E-state index in [-0.39, 0.29) is 25.2 Å². The van der Waals surface area contributed by atoms with E-state index in [1.165, 1.54) is 6.42 Å². The Balaban J connectivity index is 1.41. The molecule has 5 heteroatoms. The van der Waals surface area contributed by atoms with Gasteiger partial charge >= 0.3 is 0 Å². The predicted octanol–water partition coefficient (Wildman–Crippen LogP) is 4.11. The van der Waals surface area contributed by atoms with Gasteiger partial charge < -0.3 is 9.47 Å². The molecule has 1 amide bonds. The molecule has 0 N–H and O–H groups in total. The maximum Gasteiger partial charge on any atom is 0.240 e. The van der Waals surface area contributed by atoms with Gasteiger partial charge in [0.25, 0.3) is 0 Å². The molecule has 5 nitrogen and oxygen atoms in total. The van der Waals surface area contributed by atoms with Crippen LogP contribution in [0.15, 0.2) is 42.6 Å². The number of fused-ring (bicyclic) bond motifs is 1. The Labute approximate surface area is 165 Å². The average Bonchev–Trinajstić information content (AvgIpc) is 3.21. The van der Waals surface area contributed by atoms with Crippen LogP contribution in [0.4, 0.5) is 5.82 Å². The molecular formula is C23H24N2O3. The van der Waals surface area contributed by atoms with E-state index >= 15 is 0 Å². The molecule has 0 saturated heterocycles. The molecule has 2 heterocycles. The van der Waals surface area contributed by atoms with Crippen molar-refractivity contribution in [2.24, 2.45) is 0 Å². The number of pyridine rings is 1. The summed E-state index contributed by atoms with van der Waals surface area (Å²) in [7, 11) is 0. The minimum atomic E-state index is 0.0313. The second kappa shape index (κ2) is 8.79. The fourth-order valence-corrected chi connectivity index (χ4v) is 3.79. The standard InChI is InChI=1S/C23H24N2O3/c26-23(12-5-4-8-18-13-14-20-21(16-18)28-17-27-20)25(19-9-2-1-3-10-19)22-11-6-7-15-24-22/h6-7,11,13-16,19H,1-3,8-10,12,17H2. The van der Waals surface area contributed by atoms with Crippen molar-refractivity contribution in [2.45, 2.75) is 51.0 Å². The van der Waals surface area contributed by atoms with Crippen LogP contribution in [-0.4, -0.2) is 23.7 Å². The lowest BCUT2D eigenvalue weighted by Gasteiger charge is -2.33. The minimum Gasteiger partial charge on any atom is -0.454 e. The quantitative estimate of drug-likeness (QED) is 0.754. The Hall–Kier alpha value is -3.00. The number of hydrogen-bond acceptors (Lipinski definition) is 4. The second-order valence-corrected chi connectivity index (χ2v) is 7.14. The topological polar surface area (TPSA) is 51.7 Å². The van der Waals surface area contributed by atoms with Crippen LogP contribution in [0, 0.1) is 11.8 Å². The van der Waals surface area contributed by atoms with Gasteiger partial charge in [-0.05, 0) is 42.7 Å². The predicted molar refractivity (Wildman–Crippen MR) is 107 cm³/mol. The second-order valence-electron chi connectivity index (χ2n) is 7.14. The van der Waals surface area contributed by atoms with E-state index in [1.807, 2.05) is 41.3 Å². The van der Waals surface area contributed by atoms with Gasteiger partial charge in [0.05, 0.1) is 6.42 Å². The highest BCUT2D eigenvalue weighted by molar-refractivity contribution is 5.94. The van der Waals surface area contributed by atoms with Crippen molar-refractivity contribution in [1.82, 2.24) is 4.98 Å². The van der Waals surface area contributed by atoms with E-state index < -0.39 is 0 Å². The summed E-state index contributed by atoms with van der Waals surface area (Å²) in [5.74, 6) is 8.46. The molecule has 1 saturated carbocycles. The summed E-state index contributed by atoms with van der Waals surface area (Å²) >= 11 is 0. The lowest BCUT2D eigenvalue weighted by atomic mass is 9.94. The van der Waals surface area contributed by atoms with Crippen LogP contribution in [0.3, 0.4) is 0 Å². The highest BCUT2D eigenvalue weighted by Gasteiger charge is 2.27. The average molecular weight is 376 g/mol. The number of carbonyl (C=O) groups is 1. The number of rotatable bonds is 4. The van der Waals surface area contributed by atoms with Crippen molar-refractivity contribution < 1.29 is 14.3 Å². The number of benzene rings is 1. The summed E-state index contributed by atoms with van der Waals surface area (Å²) in [5.41, 5.74) is 1.05. The SMILES string of the molecule is O=C(CC#CCc1ccc2c(c1)OCO2)N(c1ccccn1)C1CCCCC1. The summed E-state index contributed by atoms with van der Waals surface area (Å²) < 4.78 is 10.7. The van der Waals surface area contributed by atoms with Crippen molar-refractivity contribution in [3.05, 3.63) is 48.2 Å². The summed E-state index contributed by atoms with van der Waals surface area (Å²) in [4.78, 5) is 19.2. The van der Waals surface area contributed by atoms with Gasteiger partial charge in [-0.3, -0.25) is 9.69 Å². The van der Waals surface area contributed by atoms with E-state index in [2.05, 4.69) is 16.8 Å². The van der Waals surface area contributed by atoms with Gasteiger partial charge in [0, 0.05) is 18.7 Å². The molecule has 1 aliphatic heterocycles. The van der Waals surface area contributed by atoms with Crippen LogP contribution < -0.4 is 14.4 Å². The van der Waals surface area contributed by atoms with E-state index in [1.54, 1.807) is 6.20 Å². The highest BCUT2D eigenvalue weighted by atomic mass is 16.7. The molecule has 1 aromatic carbocycles. The Morgan fingerprint density at radius 2 is 1.93 bits per heavy atom. The van der Waals surface area contributed by atoms with Gasteiger partial charge in [-0.15, -0.1) is 0 Å². The molecule has 28 heavy (non-hydrogen) atoms.